The number of rotatable bonds is 21. The van der Waals surface area contributed by atoms with E-state index in [2.05, 4.69) is 22.5 Å². The molecule has 0 bridgehead atoms. The zero-order valence-corrected chi connectivity index (χ0v) is 27.4. The quantitative estimate of drug-likeness (QED) is 0.114. The number of hydrogen-bond acceptors (Lipinski definition) is 9. The van der Waals surface area contributed by atoms with Crippen LogP contribution in [0, 0.1) is 11.8 Å². The zero-order valence-electron chi connectivity index (χ0n) is 27.4. The predicted molar refractivity (Wildman–Crippen MR) is 179 cm³/mol. The second kappa shape index (κ2) is 20.5. The number of nitrogens with one attached hydrogen (secondary N) is 2. The minimum absolute atomic E-state index is 0.0369. The van der Waals surface area contributed by atoms with Crippen LogP contribution >= 0.6 is 0 Å². The van der Waals surface area contributed by atoms with E-state index in [0.717, 1.165) is 27.3 Å². The number of benzene rings is 2. The highest BCUT2D eigenvalue weighted by atomic mass is 16.6. The molecule has 0 saturated carbocycles. The van der Waals surface area contributed by atoms with Crippen LogP contribution in [0.3, 0.4) is 0 Å². The summed E-state index contributed by atoms with van der Waals surface area (Å²) >= 11 is 0. The second-order valence-corrected chi connectivity index (χ2v) is 11.0. The van der Waals surface area contributed by atoms with Crippen LogP contribution in [0.25, 0.3) is 0 Å². The zero-order chi connectivity index (χ0) is 34.7. The molecule has 0 aliphatic carbocycles. The molecule has 4 rings (SSSR count). The summed E-state index contributed by atoms with van der Waals surface area (Å²) in [5.41, 5.74) is 3.42. The first-order valence-electron chi connectivity index (χ1n) is 16.3. The molecule has 0 fully saturated rings. The van der Waals surface area contributed by atoms with E-state index in [1.807, 2.05) is 48.5 Å². The molecule has 13 nitrogen and oxygen atoms in total. The van der Waals surface area contributed by atoms with Gasteiger partial charge in [-0.3, -0.25) is 28.9 Å². The standard InChI is InChI=1S/C36H42N4O9/c41-32(14-18-39-34(43)11-12-35(39)44)38-17-20-47-22-24-49-26-25-48-23-21-46-19-15-33(42)37-16-13-36(45)40-27-30-7-2-1-5-28(30)9-10-29-6-3-4-8-31(29)40/h1-8,11-12H,13-27H2,(H,37,42)(H,38,41). The Morgan fingerprint density at radius 1 is 0.633 bits per heavy atom. The number of ether oxygens (including phenoxy) is 4. The van der Waals surface area contributed by atoms with Crippen LogP contribution < -0.4 is 15.5 Å². The van der Waals surface area contributed by atoms with E-state index in [4.69, 9.17) is 18.9 Å². The molecule has 260 valence electrons. The van der Waals surface area contributed by atoms with Crippen molar-refractivity contribution in [3.63, 3.8) is 0 Å². The van der Waals surface area contributed by atoms with Crippen LogP contribution in [0.1, 0.15) is 36.0 Å². The van der Waals surface area contributed by atoms with Crippen LogP contribution in [0.4, 0.5) is 5.69 Å². The summed E-state index contributed by atoms with van der Waals surface area (Å²) in [5, 5.41) is 5.47. The Labute approximate surface area is 285 Å². The van der Waals surface area contributed by atoms with Gasteiger partial charge in [0.25, 0.3) is 11.8 Å². The molecule has 0 saturated heterocycles. The monoisotopic (exact) mass is 674 g/mol. The van der Waals surface area contributed by atoms with Gasteiger partial charge in [-0.2, -0.15) is 0 Å². The SMILES string of the molecule is O=C(CCOCCOCCOCCOCCNC(=O)CCN1C(=O)C=CC1=O)NCCC(=O)N1Cc2ccccc2C#Cc2ccccc21. The number of nitrogens with zero attached hydrogens (tertiary/aromatic N) is 2. The van der Waals surface area contributed by atoms with E-state index in [1.165, 1.54) is 12.2 Å². The maximum Gasteiger partial charge on any atom is 0.253 e. The molecule has 0 radical (unpaired) electrons. The van der Waals surface area contributed by atoms with Crippen molar-refractivity contribution in [1.29, 1.82) is 0 Å². The lowest BCUT2D eigenvalue weighted by atomic mass is 10.0. The third-order valence-corrected chi connectivity index (χ3v) is 7.46. The Morgan fingerprint density at radius 3 is 1.90 bits per heavy atom. The Hall–Kier alpha value is -4.87. The normalized spacial score (nSPS) is 13.2. The summed E-state index contributed by atoms with van der Waals surface area (Å²) in [6.45, 7) is 3.71. The van der Waals surface area contributed by atoms with Gasteiger partial charge in [0.1, 0.15) is 0 Å². The third-order valence-electron chi connectivity index (χ3n) is 7.46. The highest BCUT2D eigenvalue weighted by molar-refractivity contribution is 6.13. The first-order chi connectivity index (χ1) is 23.9. The highest BCUT2D eigenvalue weighted by Crippen LogP contribution is 2.25. The van der Waals surface area contributed by atoms with Crippen molar-refractivity contribution in [2.24, 2.45) is 0 Å². The Morgan fingerprint density at radius 2 is 1.18 bits per heavy atom. The molecule has 0 aromatic heterocycles. The fourth-order valence-electron chi connectivity index (χ4n) is 4.88. The largest absolute Gasteiger partial charge is 0.379 e. The molecular formula is C36H42N4O9. The van der Waals surface area contributed by atoms with Gasteiger partial charge in [0.2, 0.25) is 17.7 Å². The smallest absolute Gasteiger partial charge is 0.253 e. The van der Waals surface area contributed by atoms with Crippen molar-refractivity contribution >= 4 is 35.2 Å². The number of carbonyl (C=O) groups excluding carboxylic acids is 5. The fraction of sp³-hybridized carbons (Fsp3) is 0.417. The average Bonchev–Trinajstić information content (AvgIpc) is 3.42. The van der Waals surface area contributed by atoms with Gasteiger partial charge >= 0.3 is 0 Å². The van der Waals surface area contributed by atoms with Gasteiger partial charge in [0, 0.05) is 62.2 Å². The number of amides is 5. The minimum Gasteiger partial charge on any atom is -0.379 e. The summed E-state index contributed by atoms with van der Waals surface area (Å²) < 4.78 is 21.8. The number of para-hydroxylation sites is 1. The van der Waals surface area contributed by atoms with Gasteiger partial charge in [-0.05, 0) is 23.8 Å². The Bertz CT molecular complexity index is 1530. The summed E-state index contributed by atoms with van der Waals surface area (Å²) in [5.74, 6) is 5.02. The highest BCUT2D eigenvalue weighted by Gasteiger charge is 2.23. The van der Waals surface area contributed by atoms with Crippen LogP contribution in [0.2, 0.25) is 0 Å². The number of imide groups is 1. The van der Waals surface area contributed by atoms with Crippen molar-refractivity contribution < 1.29 is 42.9 Å². The molecule has 5 amide bonds. The molecule has 13 heteroatoms. The van der Waals surface area contributed by atoms with Crippen LogP contribution in [-0.2, 0) is 49.5 Å². The molecule has 2 heterocycles. The van der Waals surface area contributed by atoms with Gasteiger partial charge in [0.15, 0.2) is 0 Å². The number of carbonyl (C=O) groups is 5. The van der Waals surface area contributed by atoms with Crippen molar-refractivity contribution in [3.8, 4) is 11.8 Å². The Kier molecular flexibility index (Phi) is 15.5. The molecule has 2 aromatic carbocycles. The topological polar surface area (TPSA) is 153 Å². The van der Waals surface area contributed by atoms with E-state index >= 15 is 0 Å². The molecule has 0 atom stereocenters. The van der Waals surface area contributed by atoms with Crippen molar-refractivity contribution in [2.45, 2.75) is 25.8 Å². The predicted octanol–water partition coefficient (Wildman–Crippen LogP) is 1.33. The summed E-state index contributed by atoms with van der Waals surface area (Å²) in [7, 11) is 0. The van der Waals surface area contributed by atoms with Crippen molar-refractivity contribution in [3.05, 3.63) is 77.4 Å². The number of hydrogen-bond donors (Lipinski definition) is 2. The molecule has 2 N–H and O–H groups in total. The second-order valence-electron chi connectivity index (χ2n) is 11.0. The van der Waals surface area contributed by atoms with E-state index in [9.17, 15) is 24.0 Å². The lowest BCUT2D eigenvalue weighted by Gasteiger charge is -2.26. The van der Waals surface area contributed by atoms with Gasteiger partial charge in [-0.25, -0.2) is 0 Å². The molecular weight excluding hydrogens is 632 g/mol. The van der Waals surface area contributed by atoms with Gasteiger partial charge in [-0.15, -0.1) is 0 Å². The van der Waals surface area contributed by atoms with Gasteiger partial charge < -0.3 is 34.5 Å². The Balaban J connectivity index is 0.944. The van der Waals surface area contributed by atoms with Crippen LogP contribution in [0.5, 0.6) is 0 Å². The summed E-state index contributed by atoms with van der Waals surface area (Å²) in [6, 6.07) is 15.4. The van der Waals surface area contributed by atoms with Crippen LogP contribution in [-0.4, -0.2) is 107 Å². The van der Waals surface area contributed by atoms with E-state index in [-0.39, 0.29) is 56.7 Å². The van der Waals surface area contributed by atoms with E-state index in [0.29, 0.717) is 59.3 Å². The maximum absolute atomic E-state index is 13.2. The van der Waals surface area contributed by atoms with E-state index in [1.54, 1.807) is 4.90 Å². The molecule has 2 aliphatic heterocycles. The molecule has 2 aromatic rings. The maximum atomic E-state index is 13.2. The third kappa shape index (κ3) is 12.6. The molecule has 0 unspecified atom stereocenters. The molecule has 49 heavy (non-hydrogen) atoms. The van der Waals surface area contributed by atoms with Gasteiger partial charge in [-0.1, -0.05) is 42.2 Å². The van der Waals surface area contributed by atoms with Crippen molar-refractivity contribution in [1.82, 2.24) is 15.5 Å². The summed E-state index contributed by atoms with van der Waals surface area (Å²) in [6.07, 6.45) is 2.74. The van der Waals surface area contributed by atoms with Gasteiger partial charge in [0.05, 0.1) is 65.1 Å². The van der Waals surface area contributed by atoms with Crippen LogP contribution in [0.15, 0.2) is 60.7 Å². The fourth-order valence-corrected chi connectivity index (χ4v) is 4.88. The van der Waals surface area contributed by atoms with Crippen molar-refractivity contribution in [2.75, 3.05) is 77.4 Å². The molecule has 2 aliphatic rings. The molecule has 0 spiro atoms. The minimum atomic E-state index is -0.408. The first kappa shape index (κ1) is 37.0. The summed E-state index contributed by atoms with van der Waals surface area (Å²) in [4.78, 5) is 63.0. The lowest BCUT2D eigenvalue weighted by molar-refractivity contribution is -0.137. The first-order valence-corrected chi connectivity index (χ1v) is 16.3. The number of anilines is 1. The average molecular weight is 675 g/mol. The lowest BCUT2D eigenvalue weighted by Crippen LogP contribution is -2.35. The van der Waals surface area contributed by atoms with E-state index < -0.39 is 11.8 Å². The number of fused-ring (bicyclic) bond motifs is 2.